The van der Waals surface area contributed by atoms with Gasteiger partial charge in [-0.3, -0.25) is 4.79 Å². The number of nitrogens with one attached hydrogen (secondary N) is 1. The summed E-state index contributed by atoms with van der Waals surface area (Å²) in [7, 11) is 3.13. The van der Waals surface area contributed by atoms with Gasteiger partial charge < -0.3 is 24.4 Å². The maximum Gasteiger partial charge on any atom is 0.273 e. The summed E-state index contributed by atoms with van der Waals surface area (Å²) in [6, 6.07) is 14.7. The molecule has 150 valence electrons. The van der Waals surface area contributed by atoms with Crippen LogP contribution in [0.3, 0.4) is 0 Å². The van der Waals surface area contributed by atoms with E-state index in [0.717, 1.165) is 16.7 Å². The van der Waals surface area contributed by atoms with Crippen molar-refractivity contribution in [1.29, 1.82) is 0 Å². The van der Waals surface area contributed by atoms with Crippen LogP contribution in [0, 0.1) is 0 Å². The van der Waals surface area contributed by atoms with Crippen LogP contribution in [0.1, 0.15) is 28.0 Å². The van der Waals surface area contributed by atoms with Gasteiger partial charge in [0.15, 0.2) is 23.0 Å². The van der Waals surface area contributed by atoms with Gasteiger partial charge in [-0.25, -0.2) is 0 Å². The molecule has 1 aliphatic carbocycles. The molecular formula is C22H22N2O5. The molecule has 1 unspecified atom stereocenters. The van der Waals surface area contributed by atoms with Gasteiger partial charge in [0.1, 0.15) is 5.60 Å². The number of fused-ring (bicyclic) bond motifs is 1. The molecule has 2 aromatic carbocycles. The second kappa shape index (κ2) is 7.60. The number of aryl methyl sites for hydroxylation is 1. The number of nitrogens with zero attached hydrogens (tertiary/aromatic N) is 1. The summed E-state index contributed by atoms with van der Waals surface area (Å²) < 4.78 is 16.0. The van der Waals surface area contributed by atoms with Crippen LogP contribution in [0.4, 0.5) is 0 Å². The van der Waals surface area contributed by atoms with Crippen molar-refractivity contribution in [3.05, 3.63) is 65.4 Å². The van der Waals surface area contributed by atoms with Crippen LogP contribution in [0.5, 0.6) is 11.5 Å². The van der Waals surface area contributed by atoms with Crippen molar-refractivity contribution in [2.45, 2.75) is 18.4 Å². The molecule has 7 nitrogen and oxygen atoms in total. The third kappa shape index (κ3) is 3.56. The molecule has 4 rings (SSSR count). The average Bonchev–Trinajstić information content (AvgIpc) is 3.37. The van der Waals surface area contributed by atoms with Gasteiger partial charge in [-0.15, -0.1) is 0 Å². The molecule has 0 bridgehead atoms. The van der Waals surface area contributed by atoms with E-state index in [0.29, 0.717) is 30.1 Å². The number of rotatable bonds is 6. The van der Waals surface area contributed by atoms with E-state index in [1.807, 2.05) is 36.4 Å². The Morgan fingerprint density at radius 3 is 2.62 bits per heavy atom. The standard InChI is InChI=1S/C22H22N2O5/c1-27-19-10-15-8-9-22(26,16(15)11-20(19)28-2)13-23-21(25)17-12-18(29-24-17)14-6-4-3-5-7-14/h3-7,10-12,26H,8-9,13H2,1-2H3,(H,23,25). The number of benzene rings is 2. The molecule has 2 N–H and O–H groups in total. The molecule has 1 aromatic heterocycles. The van der Waals surface area contributed by atoms with Gasteiger partial charge in [-0.2, -0.15) is 0 Å². The third-order valence-electron chi connectivity index (χ3n) is 5.26. The molecule has 0 saturated heterocycles. The first-order valence-electron chi connectivity index (χ1n) is 9.32. The van der Waals surface area contributed by atoms with Gasteiger partial charge in [-0.05, 0) is 36.1 Å². The zero-order chi connectivity index (χ0) is 20.4. The molecule has 0 fully saturated rings. The highest BCUT2D eigenvalue weighted by Gasteiger charge is 2.38. The van der Waals surface area contributed by atoms with Gasteiger partial charge in [-0.1, -0.05) is 35.5 Å². The lowest BCUT2D eigenvalue weighted by Crippen LogP contribution is -2.39. The first kappa shape index (κ1) is 19.0. The summed E-state index contributed by atoms with van der Waals surface area (Å²) in [6.07, 6.45) is 1.18. The maximum absolute atomic E-state index is 12.5. The first-order valence-corrected chi connectivity index (χ1v) is 9.32. The van der Waals surface area contributed by atoms with Crippen molar-refractivity contribution >= 4 is 5.91 Å². The number of aromatic nitrogens is 1. The highest BCUT2D eigenvalue weighted by atomic mass is 16.5. The molecule has 29 heavy (non-hydrogen) atoms. The quantitative estimate of drug-likeness (QED) is 0.668. The van der Waals surface area contributed by atoms with E-state index in [1.165, 1.54) is 0 Å². The van der Waals surface area contributed by atoms with Crippen LogP contribution in [-0.2, 0) is 12.0 Å². The van der Waals surface area contributed by atoms with E-state index >= 15 is 0 Å². The number of amides is 1. The molecule has 7 heteroatoms. The molecule has 0 aliphatic heterocycles. The fourth-order valence-corrected chi connectivity index (χ4v) is 3.66. The second-order valence-electron chi connectivity index (χ2n) is 7.02. The maximum atomic E-state index is 12.5. The summed E-state index contributed by atoms with van der Waals surface area (Å²) in [5.74, 6) is 1.27. The summed E-state index contributed by atoms with van der Waals surface area (Å²) in [4.78, 5) is 12.5. The predicted molar refractivity (Wildman–Crippen MR) is 106 cm³/mol. The van der Waals surface area contributed by atoms with Crippen molar-refractivity contribution < 1.29 is 23.9 Å². The van der Waals surface area contributed by atoms with E-state index < -0.39 is 11.5 Å². The lowest BCUT2D eigenvalue weighted by atomic mass is 9.95. The van der Waals surface area contributed by atoms with Crippen LogP contribution < -0.4 is 14.8 Å². The van der Waals surface area contributed by atoms with Crippen molar-refractivity contribution in [3.8, 4) is 22.8 Å². The fraction of sp³-hybridized carbons (Fsp3) is 0.273. The fourth-order valence-electron chi connectivity index (χ4n) is 3.66. The molecule has 1 heterocycles. The number of hydrogen-bond donors (Lipinski definition) is 2. The SMILES string of the molecule is COc1cc2c(cc1OC)C(O)(CNC(=O)c1cc(-c3ccccc3)on1)CC2. The number of carbonyl (C=O) groups is 1. The predicted octanol–water partition coefficient (Wildman–Crippen LogP) is 2.92. The molecule has 3 aromatic rings. The van der Waals surface area contributed by atoms with Crippen molar-refractivity contribution in [3.63, 3.8) is 0 Å². The van der Waals surface area contributed by atoms with Crippen LogP contribution in [0.25, 0.3) is 11.3 Å². The van der Waals surface area contributed by atoms with Gasteiger partial charge in [0.25, 0.3) is 5.91 Å². The Balaban J connectivity index is 1.49. The summed E-state index contributed by atoms with van der Waals surface area (Å²) in [6.45, 7) is 0.0574. The summed E-state index contributed by atoms with van der Waals surface area (Å²) in [5, 5.41) is 17.8. The van der Waals surface area contributed by atoms with Crippen molar-refractivity contribution in [2.75, 3.05) is 20.8 Å². The largest absolute Gasteiger partial charge is 0.493 e. The van der Waals surface area contributed by atoms with E-state index in [-0.39, 0.29) is 12.2 Å². The van der Waals surface area contributed by atoms with Gasteiger partial charge in [0.2, 0.25) is 0 Å². The minimum Gasteiger partial charge on any atom is -0.493 e. The van der Waals surface area contributed by atoms with Gasteiger partial charge >= 0.3 is 0 Å². The Bertz CT molecular complexity index is 1030. The first-order chi connectivity index (χ1) is 14.0. The van der Waals surface area contributed by atoms with Crippen LogP contribution in [0.15, 0.2) is 53.1 Å². The van der Waals surface area contributed by atoms with Crippen LogP contribution >= 0.6 is 0 Å². The summed E-state index contributed by atoms with van der Waals surface area (Å²) >= 11 is 0. The topological polar surface area (TPSA) is 93.8 Å². The highest BCUT2D eigenvalue weighted by molar-refractivity contribution is 5.93. The monoisotopic (exact) mass is 394 g/mol. The smallest absolute Gasteiger partial charge is 0.273 e. The Kier molecular flexibility index (Phi) is 4.98. The van der Waals surface area contributed by atoms with Gasteiger partial charge in [0, 0.05) is 11.6 Å². The number of methoxy groups -OCH3 is 2. The minimum atomic E-state index is -1.18. The molecule has 0 radical (unpaired) electrons. The number of hydrogen-bond acceptors (Lipinski definition) is 6. The lowest BCUT2D eigenvalue weighted by molar-refractivity contribution is 0.0366. The Morgan fingerprint density at radius 2 is 1.90 bits per heavy atom. The number of carbonyl (C=O) groups excluding carboxylic acids is 1. The number of ether oxygens (including phenoxy) is 2. The third-order valence-corrected chi connectivity index (χ3v) is 5.26. The highest BCUT2D eigenvalue weighted by Crippen LogP contribution is 2.42. The zero-order valence-electron chi connectivity index (χ0n) is 16.3. The molecule has 0 saturated carbocycles. The molecule has 1 aliphatic rings. The van der Waals surface area contributed by atoms with E-state index in [4.69, 9.17) is 14.0 Å². The Labute approximate surface area is 168 Å². The minimum absolute atomic E-state index is 0.0574. The van der Waals surface area contributed by atoms with Crippen LogP contribution in [-0.4, -0.2) is 36.9 Å². The zero-order valence-corrected chi connectivity index (χ0v) is 16.3. The summed E-state index contributed by atoms with van der Waals surface area (Å²) in [5.41, 5.74) is 1.53. The van der Waals surface area contributed by atoms with Crippen LogP contribution in [0.2, 0.25) is 0 Å². The lowest BCUT2D eigenvalue weighted by Gasteiger charge is -2.25. The second-order valence-corrected chi connectivity index (χ2v) is 7.02. The molecular weight excluding hydrogens is 372 g/mol. The van der Waals surface area contributed by atoms with E-state index in [2.05, 4.69) is 10.5 Å². The number of aliphatic hydroxyl groups is 1. The van der Waals surface area contributed by atoms with Gasteiger partial charge in [0.05, 0.1) is 20.8 Å². The average molecular weight is 394 g/mol. The van der Waals surface area contributed by atoms with E-state index in [9.17, 15) is 9.90 Å². The normalized spacial score (nSPS) is 17.6. The molecule has 0 spiro atoms. The van der Waals surface area contributed by atoms with E-state index in [1.54, 1.807) is 26.4 Å². The molecule has 1 amide bonds. The van der Waals surface area contributed by atoms with Crippen molar-refractivity contribution in [1.82, 2.24) is 10.5 Å². The Hall–Kier alpha value is -3.32. The molecule has 1 atom stereocenters. The Morgan fingerprint density at radius 1 is 1.17 bits per heavy atom. The van der Waals surface area contributed by atoms with Crippen molar-refractivity contribution in [2.24, 2.45) is 0 Å².